The Morgan fingerprint density at radius 3 is 0.986 bits per heavy atom. The number of carbonyl (C=O) groups excluding carboxylic acids is 3. The molecule has 73 heavy (non-hydrogen) atoms. The molecule has 0 fully saturated rings. The molecule has 0 aromatic rings. The van der Waals surface area contributed by atoms with Crippen LogP contribution >= 0.6 is 0 Å². The van der Waals surface area contributed by atoms with E-state index >= 15 is 0 Å². The lowest BCUT2D eigenvalue weighted by molar-refractivity contribution is -0.166. The maximum Gasteiger partial charge on any atom is 0.306 e. The molecule has 0 aliphatic heterocycles. The number of hydrogen-bond acceptors (Lipinski definition) is 6. The fourth-order valence-electron chi connectivity index (χ4n) is 7.94. The second-order valence-corrected chi connectivity index (χ2v) is 19.5. The van der Waals surface area contributed by atoms with Gasteiger partial charge in [0.25, 0.3) is 0 Å². The molecule has 0 N–H and O–H groups in total. The lowest BCUT2D eigenvalue weighted by Crippen LogP contribution is -2.30. The number of hydrogen-bond donors (Lipinski definition) is 0. The predicted octanol–water partition coefficient (Wildman–Crippen LogP) is 20.4. The number of carbonyl (C=O) groups is 3. The molecule has 0 spiro atoms. The van der Waals surface area contributed by atoms with Gasteiger partial charge >= 0.3 is 17.9 Å². The molecule has 1 atom stereocenters. The monoisotopic (exact) mass is 1010 g/mol. The van der Waals surface area contributed by atoms with Gasteiger partial charge in [0.1, 0.15) is 13.2 Å². The van der Waals surface area contributed by atoms with Gasteiger partial charge in [-0.05, 0) is 122 Å². The topological polar surface area (TPSA) is 78.9 Å². The van der Waals surface area contributed by atoms with Crippen LogP contribution in [0.3, 0.4) is 0 Å². The van der Waals surface area contributed by atoms with Crippen molar-refractivity contribution in [3.05, 3.63) is 122 Å². The summed E-state index contributed by atoms with van der Waals surface area (Å²) in [5.74, 6) is -1.04. The van der Waals surface area contributed by atoms with Gasteiger partial charge in [-0.2, -0.15) is 0 Å². The van der Waals surface area contributed by atoms with E-state index in [4.69, 9.17) is 14.2 Å². The molecule has 0 saturated heterocycles. The van der Waals surface area contributed by atoms with Crippen molar-refractivity contribution in [2.45, 2.75) is 271 Å². The minimum absolute atomic E-state index is 0.123. The van der Waals surface area contributed by atoms with Gasteiger partial charge in [-0.3, -0.25) is 14.4 Å². The molecular formula is C67H110O6. The largest absolute Gasteiger partial charge is 0.462 e. The van der Waals surface area contributed by atoms with Crippen LogP contribution in [0.5, 0.6) is 0 Å². The van der Waals surface area contributed by atoms with E-state index in [0.29, 0.717) is 25.7 Å². The molecule has 0 aliphatic rings. The van der Waals surface area contributed by atoms with Crippen LogP contribution in [0.15, 0.2) is 122 Å². The summed E-state index contributed by atoms with van der Waals surface area (Å²) in [7, 11) is 0. The van der Waals surface area contributed by atoms with Gasteiger partial charge < -0.3 is 14.2 Å². The first kappa shape index (κ1) is 68.8. The molecule has 0 aromatic carbocycles. The summed E-state index contributed by atoms with van der Waals surface area (Å²) in [6.07, 6.45) is 83.5. The Hall–Kier alpha value is -4.19. The summed E-state index contributed by atoms with van der Waals surface area (Å²) in [6.45, 7) is 6.40. The van der Waals surface area contributed by atoms with Gasteiger partial charge in [0.05, 0.1) is 0 Å². The van der Waals surface area contributed by atoms with Gasteiger partial charge in [0.15, 0.2) is 6.10 Å². The minimum atomic E-state index is -0.829. The average Bonchev–Trinajstić information content (AvgIpc) is 3.39. The summed E-state index contributed by atoms with van der Waals surface area (Å²) in [5.41, 5.74) is 0. The lowest BCUT2D eigenvalue weighted by Gasteiger charge is -2.18. The maximum atomic E-state index is 12.9. The van der Waals surface area contributed by atoms with E-state index in [0.717, 1.165) is 83.5 Å². The van der Waals surface area contributed by atoms with Crippen molar-refractivity contribution in [1.82, 2.24) is 0 Å². The molecule has 0 saturated carbocycles. The first-order valence-electron chi connectivity index (χ1n) is 30.0. The Bertz CT molecular complexity index is 1540. The van der Waals surface area contributed by atoms with Crippen LogP contribution in [0, 0.1) is 0 Å². The van der Waals surface area contributed by atoms with Crippen LogP contribution in [-0.2, 0) is 28.6 Å². The van der Waals surface area contributed by atoms with E-state index in [-0.39, 0.29) is 37.5 Å². The molecule has 6 heteroatoms. The van der Waals surface area contributed by atoms with Crippen LogP contribution < -0.4 is 0 Å². The van der Waals surface area contributed by atoms with E-state index < -0.39 is 6.10 Å². The molecular weight excluding hydrogens is 901 g/mol. The minimum Gasteiger partial charge on any atom is -0.462 e. The lowest BCUT2D eigenvalue weighted by atomic mass is 10.0. The van der Waals surface area contributed by atoms with Crippen molar-refractivity contribution < 1.29 is 28.6 Å². The van der Waals surface area contributed by atoms with Crippen LogP contribution in [0.2, 0.25) is 0 Å². The summed E-state index contributed by atoms with van der Waals surface area (Å²) in [5, 5.41) is 0. The van der Waals surface area contributed by atoms with E-state index in [2.05, 4.69) is 136 Å². The van der Waals surface area contributed by atoms with Crippen molar-refractivity contribution in [3.8, 4) is 0 Å². The second kappa shape index (κ2) is 60.4. The Labute approximate surface area is 450 Å². The third-order valence-corrected chi connectivity index (χ3v) is 12.4. The van der Waals surface area contributed by atoms with Gasteiger partial charge in [0, 0.05) is 19.3 Å². The zero-order valence-electron chi connectivity index (χ0n) is 47.4. The summed E-state index contributed by atoms with van der Waals surface area (Å²) >= 11 is 0. The Kier molecular flexibility index (Phi) is 56.9. The Morgan fingerprint density at radius 1 is 0.288 bits per heavy atom. The predicted molar refractivity (Wildman–Crippen MR) is 316 cm³/mol. The normalized spacial score (nSPS) is 13.0. The van der Waals surface area contributed by atoms with Crippen molar-refractivity contribution >= 4 is 17.9 Å². The van der Waals surface area contributed by atoms with E-state index in [9.17, 15) is 14.4 Å². The molecule has 0 rings (SSSR count). The van der Waals surface area contributed by atoms with E-state index in [1.807, 2.05) is 6.08 Å². The van der Waals surface area contributed by atoms with Crippen LogP contribution in [0.1, 0.15) is 265 Å². The molecule has 0 unspecified atom stereocenters. The first-order valence-corrected chi connectivity index (χ1v) is 30.0. The second-order valence-electron chi connectivity index (χ2n) is 19.5. The van der Waals surface area contributed by atoms with Crippen molar-refractivity contribution in [3.63, 3.8) is 0 Å². The molecule has 6 nitrogen and oxygen atoms in total. The Morgan fingerprint density at radius 2 is 0.562 bits per heavy atom. The highest BCUT2D eigenvalue weighted by Crippen LogP contribution is 2.15. The third kappa shape index (κ3) is 58.6. The summed E-state index contributed by atoms with van der Waals surface area (Å²) < 4.78 is 16.8. The van der Waals surface area contributed by atoms with Crippen molar-refractivity contribution in [1.29, 1.82) is 0 Å². The molecule has 0 amide bonds. The molecule has 0 aromatic heterocycles. The van der Waals surface area contributed by atoms with Gasteiger partial charge in [-0.15, -0.1) is 0 Å². The number of rotatable bonds is 53. The number of ether oxygens (including phenoxy) is 3. The fraction of sp³-hybridized carbons (Fsp3) is 0.657. The molecule has 0 radical (unpaired) electrons. The summed E-state index contributed by atoms with van der Waals surface area (Å²) in [4.78, 5) is 38.2. The molecule has 0 bridgehead atoms. The zero-order chi connectivity index (χ0) is 52.9. The van der Waals surface area contributed by atoms with E-state index in [1.165, 1.54) is 128 Å². The first-order chi connectivity index (χ1) is 36.0. The molecule has 0 aliphatic carbocycles. The quantitative estimate of drug-likeness (QED) is 0.0261. The third-order valence-electron chi connectivity index (χ3n) is 12.4. The highest BCUT2D eigenvalue weighted by molar-refractivity contribution is 5.71. The standard InChI is InChI=1S/C67H110O6/c1-4-7-10-13-16-19-22-25-28-30-32-33-35-37-40-43-46-49-52-55-58-61-67(70)73-64(62-71-65(68)59-56-53-50-47-44-41-38-27-24-21-18-15-12-9-6-3)63-72-66(69)60-57-54-51-48-45-42-39-36-34-31-29-26-23-20-17-14-11-8-5-2/h8,11,17-18,20-21,25-29,34,36,38,42,44-45,47,51,54,64H,4-7,9-10,12-16,19,22-24,30-33,35,37,39-41,43,46,48-50,52-53,55-63H2,1-3H3/b11-8-,20-17-,21-18-,28-25-,29-26-,36-34-,38-27-,45-42-,47-44-,54-51-/t64-/m0/s1. The smallest absolute Gasteiger partial charge is 0.306 e. The van der Waals surface area contributed by atoms with Gasteiger partial charge in [0.2, 0.25) is 0 Å². The zero-order valence-corrected chi connectivity index (χ0v) is 47.4. The van der Waals surface area contributed by atoms with Gasteiger partial charge in [-0.25, -0.2) is 0 Å². The van der Waals surface area contributed by atoms with Crippen LogP contribution in [0.25, 0.3) is 0 Å². The maximum absolute atomic E-state index is 12.9. The fourth-order valence-corrected chi connectivity index (χ4v) is 7.94. The number of allylic oxidation sites excluding steroid dienone is 20. The van der Waals surface area contributed by atoms with Crippen molar-refractivity contribution in [2.24, 2.45) is 0 Å². The van der Waals surface area contributed by atoms with Crippen LogP contribution in [-0.4, -0.2) is 37.2 Å². The Balaban J connectivity index is 4.53. The number of unbranched alkanes of at least 4 members (excludes halogenated alkanes) is 22. The highest BCUT2D eigenvalue weighted by atomic mass is 16.6. The van der Waals surface area contributed by atoms with Crippen molar-refractivity contribution in [2.75, 3.05) is 13.2 Å². The molecule has 0 heterocycles. The SMILES string of the molecule is CC/C=C\C/C=C\C/C=C\C/C=C\C/C=C\C/C=C\CCC(=O)OC[C@H](COC(=O)CCCC/C=C\C/C=C\C/C=C\CCCCC)OC(=O)CCCCCCCCCCCCC/C=C\CCCCCCCC. The van der Waals surface area contributed by atoms with E-state index in [1.54, 1.807) is 0 Å². The highest BCUT2D eigenvalue weighted by Gasteiger charge is 2.19. The van der Waals surface area contributed by atoms with Crippen LogP contribution in [0.4, 0.5) is 0 Å². The van der Waals surface area contributed by atoms with Gasteiger partial charge in [-0.1, -0.05) is 245 Å². The molecule has 414 valence electrons. The average molecular weight is 1010 g/mol. The number of esters is 3. The summed E-state index contributed by atoms with van der Waals surface area (Å²) in [6, 6.07) is 0.